The highest BCUT2D eigenvalue weighted by molar-refractivity contribution is 5.98. The first kappa shape index (κ1) is 46.3. The number of nitrogens with one attached hydrogen (secondary N) is 2. The van der Waals surface area contributed by atoms with Crippen LogP contribution in [0, 0.1) is 17.2 Å². The van der Waals surface area contributed by atoms with Gasteiger partial charge in [-0.25, -0.2) is 4.98 Å². The lowest BCUT2D eigenvalue weighted by Gasteiger charge is -2.36. The third kappa shape index (κ3) is 9.86. The van der Waals surface area contributed by atoms with E-state index in [0.29, 0.717) is 18.3 Å². The third-order valence-electron chi connectivity index (χ3n) is 13.9. The maximum absolute atomic E-state index is 9.11. The average Bonchev–Trinajstić information content (AvgIpc) is 4.02. The monoisotopic (exact) mass is 959 g/mol. The van der Waals surface area contributed by atoms with E-state index < -0.39 is 0 Å². The van der Waals surface area contributed by atoms with Gasteiger partial charge in [-0.2, -0.15) is 5.26 Å². The maximum Gasteiger partial charge on any atom is 0.213 e. The summed E-state index contributed by atoms with van der Waals surface area (Å²) in [5.74, 6) is 0.990. The van der Waals surface area contributed by atoms with Crippen LogP contribution < -0.4 is 15.4 Å². The molecule has 14 heteroatoms. The molecule has 2 N–H and O–H groups in total. The van der Waals surface area contributed by atoms with Gasteiger partial charge in [0.2, 0.25) is 5.88 Å². The van der Waals surface area contributed by atoms with Crippen LogP contribution in [0.25, 0.3) is 66.1 Å². The van der Waals surface area contributed by atoms with Crippen LogP contribution in [0.5, 0.6) is 5.88 Å². The third-order valence-corrected chi connectivity index (χ3v) is 13.9. The summed E-state index contributed by atoms with van der Waals surface area (Å²) in [4.78, 5) is 33.9. The number of nitrogens with zero attached hydrogens (tertiary/aromatic N) is 11. The zero-order chi connectivity index (χ0) is 49.7. The highest BCUT2D eigenvalue weighted by atomic mass is 16.5. The van der Waals surface area contributed by atoms with Gasteiger partial charge in [-0.3, -0.25) is 34.8 Å². The van der Waals surface area contributed by atoms with Crippen molar-refractivity contribution in [1.29, 1.82) is 5.26 Å². The second-order valence-electron chi connectivity index (χ2n) is 18.5. The van der Waals surface area contributed by atoms with Crippen molar-refractivity contribution in [2.24, 2.45) is 20.0 Å². The SMILES string of the molecule is COc1cc(C(Nc2cc(-c3ccc4ccn(C)c4c3)c3nccnc3c2)c2cccnc2)ccn1.Cn1ccc2ccc(-c3cc(NC(c4cccnc4)C4CCN(CC#N)CC4)cc4nccnc34)cc21. The lowest BCUT2D eigenvalue weighted by molar-refractivity contribution is 0.189. The minimum atomic E-state index is -0.173. The molecule has 4 aromatic carbocycles. The number of pyridine rings is 3. The molecule has 2 atom stereocenters. The van der Waals surface area contributed by atoms with E-state index in [0.717, 1.165) is 92.8 Å². The van der Waals surface area contributed by atoms with E-state index in [1.807, 2.05) is 48.9 Å². The summed E-state index contributed by atoms with van der Waals surface area (Å²) in [5.41, 5.74) is 15.2. The fraction of sp³-hybridized carbons (Fsp3) is 0.186. The number of likely N-dealkylation sites (tertiary alicyclic amines) is 1. The second kappa shape index (κ2) is 20.7. The van der Waals surface area contributed by atoms with E-state index in [4.69, 9.17) is 15.0 Å². The molecule has 1 aliphatic heterocycles. The number of hydrogen-bond donors (Lipinski definition) is 2. The Balaban J connectivity index is 0.000000157. The second-order valence-corrected chi connectivity index (χ2v) is 18.5. The van der Waals surface area contributed by atoms with Gasteiger partial charge in [0.05, 0.1) is 53.9 Å². The van der Waals surface area contributed by atoms with E-state index in [9.17, 15) is 0 Å². The Morgan fingerprint density at radius 2 is 1.18 bits per heavy atom. The predicted molar refractivity (Wildman–Crippen MR) is 289 cm³/mol. The lowest BCUT2D eigenvalue weighted by Crippen LogP contribution is -2.37. The molecule has 2 unspecified atom stereocenters. The average molecular weight is 960 g/mol. The van der Waals surface area contributed by atoms with Gasteiger partial charge in [0, 0.05) is 122 Å². The number of ether oxygens (including phenoxy) is 1. The maximum atomic E-state index is 9.11. The van der Waals surface area contributed by atoms with Crippen molar-refractivity contribution in [2.45, 2.75) is 24.9 Å². The number of nitriles is 1. The summed E-state index contributed by atoms with van der Waals surface area (Å²) in [6.45, 7) is 2.36. The molecule has 0 spiro atoms. The van der Waals surface area contributed by atoms with Crippen molar-refractivity contribution in [2.75, 3.05) is 37.4 Å². The number of fused-ring (bicyclic) bond motifs is 4. The molecule has 7 aromatic heterocycles. The first-order valence-corrected chi connectivity index (χ1v) is 24.4. The molecule has 8 heterocycles. The summed E-state index contributed by atoms with van der Waals surface area (Å²) < 4.78 is 9.66. The van der Waals surface area contributed by atoms with Crippen molar-refractivity contribution in [3.8, 4) is 34.2 Å². The molecule has 0 saturated carbocycles. The van der Waals surface area contributed by atoms with Crippen LogP contribution in [0.15, 0.2) is 177 Å². The summed E-state index contributed by atoms with van der Waals surface area (Å²) in [6.07, 6.45) is 22.4. The summed E-state index contributed by atoms with van der Waals surface area (Å²) in [6, 6.07) is 40.1. The lowest BCUT2D eigenvalue weighted by atomic mass is 9.85. The van der Waals surface area contributed by atoms with Gasteiger partial charge in [0.15, 0.2) is 0 Å². The zero-order valence-corrected chi connectivity index (χ0v) is 40.8. The number of anilines is 2. The number of aromatic nitrogens is 9. The molecule has 1 aliphatic rings. The molecule has 1 fully saturated rings. The molecule has 0 amide bonds. The molecule has 73 heavy (non-hydrogen) atoms. The van der Waals surface area contributed by atoms with Gasteiger partial charge >= 0.3 is 0 Å². The molecule has 12 rings (SSSR count). The number of aryl methyl sites for hydroxylation is 2. The van der Waals surface area contributed by atoms with Gasteiger partial charge in [-0.1, -0.05) is 36.4 Å². The van der Waals surface area contributed by atoms with Crippen LogP contribution in [0.3, 0.4) is 0 Å². The fourth-order valence-corrected chi connectivity index (χ4v) is 10.2. The number of benzene rings is 4. The number of hydrogen-bond acceptors (Lipinski definition) is 12. The topological polar surface area (TPSA) is 160 Å². The molecule has 0 bridgehead atoms. The predicted octanol–water partition coefficient (Wildman–Crippen LogP) is 11.4. The van der Waals surface area contributed by atoms with Crippen molar-refractivity contribution >= 4 is 55.2 Å². The first-order chi connectivity index (χ1) is 35.9. The van der Waals surface area contributed by atoms with E-state index in [1.165, 1.54) is 27.4 Å². The zero-order valence-electron chi connectivity index (χ0n) is 40.8. The Bertz CT molecular complexity index is 3750. The summed E-state index contributed by atoms with van der Waals surface area (Å²) >= 11 is 0. The van der Waals surface area contributed by atoms with Gasteiger partial charge < -0.3 is 24.5 Å². The Kier molecular flexibility index (Phi) is 13.2. The number of rotatable bonds is 12. The number of piperidine rings is 1. The van der Waals surface area contributed by atoms with Crippen LogP contribution in [-0.4, -0.2) is 75.7 Å². The molecule has 11 aromatic rings. The largest absolute Gasteiger partial charge is 0.481 e. The minimum Gasteiger partial charge on any atom is -0.481 e. The van der Waals surface area contributed by atoms with Crippen LogP contribution in [0.2, 0.25) is 0 Å². The molecular formula is C59H53N13O. The standard InChI is InChI=1S/C30H29N7.C29H24N6O/c1-36-13-6-21-4-5-23(17-28(21)36)26-18-25(19-27-30(26)34-12-11-33-27)35-29(24-3-2-10-32-20-24)22-7-14-37(15-8-22)16-9-31;1-35-13-8-19-5-6-20(14-26(19)35)24-16-23(17-25-29(24)33-12-11-31-25)34-28(22-4-3-9-30-18-22)21-7-10-32-27(15-21)36-2/h2-6,10-13,17-20,22,29,35H,7-8,14-16H2,1H3;3-18,28,34H,1-2H3. The van der Waals surface area contributed by atoms with Crippen LogP contribution in [0.1, 0.15) is 41.6 Å². The van der Waals surface area contributed by atoms with Gasteiger partial charge in [0.25, 0.3) is 0 Å². The molecule has 360 valence electrons. The van der Waals surface area contributed by atoms with Crippen LogP contribution >= 0.6 is 0 Å². The van der Waals surface area contributed by atoms with Crippen molar-refractivity contribution in [3.63, 3.8) is 0 Å². The fourth-order valence-electron chi connectivity index (χ4n) is 10.2. The van der Waals surface area contributed by atoms with Crippen molar-refractivity contribution in [1.82, 2.24) is 48.9 Å². The molecule has 0 aliphatic carbocycles. The molecule has 0 radical (unpaired) electrons. The Morgan fingerprint density at radius 3 is 1.74 bits per heavy atom. The van der Waals surface area contributed by atoms with Gasteiger partial charge in [0.1, 0.15) is 0 Å². The minimum absolute atomic E-state index is 0.107. The van der Waals surface area contributed by atoms with Gasteiger partial charge in [-0.05, 0) is 137 Å². The quantitative estimate of drug-likeness (QED) is 0.112. The van der Waals surface area contributed by atoms with Crippen LogP contribution in [-0.2, 0) is 14.1 Å². The Hall–Kier alpha value is -9.06. The van der Waals surface area contributed by atoms with E-state index in [-0.39, 0.29) is 12.1 Å². The Morgan fingerprint density at radius 1 is 0.603 bits per heavy atom. The smallest absolute Gasteiger partial charge is 0.213 e. The molecule has 14 nitrogen and oxygen atoms in total. The normalized spacial score (nSPS) is 13.8. The van der Waals surface area contributed by atoms with Gasteiger partial charge in [-0.15, -0.1) is 0 Å². The Labute approximate surface area is 423 Å². The summed E-state index contributed by atoms with van der Waals surface area (Å²) in [5, 5.41) is 19.1. The van der Waals surface area contributed by atoms with E-state index >= 15 is 0 Å². The van der Waals surface area contributed by atoms with Crippen molar-refractivity contribution < 1.29 is 4.74 Å². The highest BCUT2D eigenvalue weighted by Gasteiger charge is 2.28. The van der Waals surface area contributed by atoms with E-state index in [2.05, 4.69) is 166 Å². The first-order valence-electron chi connectivity index (χ1n) is 24.4. The number of methoxy groups -OCH3 is 1. The molecular weight excluding hydrogens is 907 g/mol. The van der Waals surface area contributed by atoms with Crippen LogP contribution in [0.4, 0.5) is 11.4 Å². The van der Waals surface area contributed by atoms with E-state index in [1.54, 1.807) is 44.3 Å². The molecule has 1 saturated heterocycles. The highest BCUT2D eigenvalue weighted by Crippen LogP contribution is 2.39. The summed E-state index contributed by atoms with van der Waals surface area (Å²) in [7, 11) is 5.75. The van der Waals surface area contributed by atoms with Crippen molar-refractivity contribution in [3.05, 3.63) is 194 Å².